The van der Waals surface area contributed by atoms with Gasteiger partial charge in [-0.3, -0.25) is 4.79 Å². The Morgan fingerprint density at radius 3 is 2.46 bits per heavy atom. The van der Waals surface area contributed by atoms with Gasteiger partial charge in [0.25, 0.3) is 0 Å². The van der Waals surface area contributed by atoms with Crippen LogP contribution in [0.2, 0.25) is 0 Å². The number of carboxylic acid groups (broad SMARTS) is 1. The molecule has 0 saturated heterocycles. The molecule has 6 heteroatoms. The summed E-state index contributed by atoms with van der Waals surface area (Å²) < 4.78 is 45.3. The Labute approximate surface area is 148 Å². The second-order valence-electron chi connectivity index (χ2n) is 6.87. The molecule has 2 aromatic carbocycles. The zero-order chi connectivity index (χ0) is 18.5. The van der Waals surface area contributed by atoms with Gasteiger partial charge in [0.05, 0.1) is 11.5 Å². The Bertz CT molecular complexity index is 842. The number of hydrogen-bond donors (Lipinski definition) is 1. The van der Waals surface area contributed by atoms with Crippen molar-refractivity contribution in [2.75, 3.05) is 0 Å². The van der Waals surface area contributed by atoms with Gasteiger partial charge in [-0.25, -0.2) is 0 Å². The van der Waals surface area contributed by atoms with E-state index in [1.165, 1.54) is 6.07 Å². The maximum Gasteiger partial charge on any atom is 0.416 e. The highest BCUT2D eigenvalue weighted by Crippen LogP contribution is 2.48. The largest absolute Gasteiger partial charge is 0.486 e. The SMILES string of the molecule is O=C(O)C1CC1c1ccc(O[C@@H]2CCc3c2cccc3C(F)(F)F)cc1. The molecule has 2 aliphatic rings. The first kappa shape index (κ1) is 16.9. The van der Waals surface area contributed by atoms with Gasteiger partial charge in [0.15, 0.2) is 0 Å². The standard InChI is InChI=1S/C20H17F3O3/c21-20(22,23)17-3-1-2-14-13(17)8-9-18(14)26-12-6-4-11(5-7-12)15-10-16(15)19(24)25/h1-7,15-16,18H,8-10H2,(H,24,25)/t15?,16?,18-/m1/s1. The van der Waals surface area contributed by atoms with Crippen LogP contribution in [0.3, 0.4) is 0 Å². The maximum absolute atomic E-state index is 13.1. The van der Waals surface area contributed by atoms with Crippen molar-refractivity contribution in [3.63, 3.8) is 0 Å². The second-order valence-corrected chi connectivity index (χ2v) is 6.87. The van der Waals surface area contributed by atoms with E-state index in [-0.39, 0.29) is 11.8 Å². The van der Waals surface area contributed by atoms with E-state index in [2.05, 4.69) is 0 Å². The van der Waals surface area contributed by atoms with Crippen LogP contribution in [0.25, 0.3) is 0 Å². The quantitative estimate of drug-likeness (QED) is 0.836. The predicted octanol–water partition coefficient (Wildman–Crippen LogP) is 4.96. The van der Waals surface area contributed by atoms with Crippen molar-refractivity contribution < 1.29 is 27.8 Å². The number of hydrogen-bond acceptors (Lipinski definition) is 2. The minimum absolute atomic E-state index is 0.0445. The number of ether oxygens (including phenoxy) is 1. The van der Waals surface area contributed by atoms with Crippen molar-refractivity contribution in [3.8, 4) is 5.75 Å². The molecule has 1 saturated carbocycles. The number of rotatable bonds is 4. The molecule has 3 nitrogen and oxygen atoms in total. The Morgan fingerprint density at radius 2 is 1.85 bits per heavy atom. The minimum atomic E-state index is -4.35. The van der Waals surface area contributed by atoms with Gasteiger partial charge in [0.2, 0.25) is 0 Å². The number of aliphatic carboxylic acids is 1. The van der Waals surface area contributed by atoms with Crippen LogP contribution >= 0.6 is 0 Å². The third-order valence-corrected chi connectivity index (χ3v) is 5.22. The molecule has 0 amide bonds. The van der Waals surface area contributed by atoms with Crippen LogP contribution in [0.5, 0.6) is 5.75 Å². The van der Waals surface area contributed by atoms with Gasteiger partial charge in [-0.05, 0) is 60.1 Å². The summed E-state index contributed by atoms with van der Waals surface area (Å²) in [5.74, 6) is -0.470. The molecule has 0 radical (unpaired) electrons. The molecular weight excluding hydrogens is 345 g/mol. The normalized spacial score (nSPS) is 24.2. The lowest BCUT2D eigenvalue weighted by molar-refractivity contribution is -0.139. The smallest absolute Gasteiger partial charge is 0.416 e. The van der Waals surface area contributed by atoms with Crippen LogP contribution in [-0.4, -0.2) is 11.1 Å². The molecule has 0 heterocycles. The van der Waals surface area contributed by atoms with Gasteiger partial charge in [-0.15, -0.1) is 0 Å². The molecule has 3 atom stereocenters. The topological polar surface area (TPSA) is 46.5 Å². The van der Waals surface area contributed by atoms with E-state index in [1.54, 1.807) is 18.2 Å². The summed E-state index contributed by atoms with van der Waals surface area (Å²) in [6.45, 7) is 0. The highest BCUT2D eigenvalue weighted by Gasteiger charge is 2.44. The number of carbonyl (C=O) groups is 1. The lowest BCUT2D eigenvalue weighted by atomic mass is 10.0. The Balaban J connectivity index is 1.50. The van der Waals surface area contributed by atoms with Crippen molar-refractivity contribution in [1.29, 1.82) is 0 Å². The summed E-state index contributed by atoms with van der Waals surface area (Å²) in [6.07, 6.45) is -3.26. The van der Waals surface area contributed by atoms with E-state index in [4.69, 9.17) is 9.84 Å². The van der Waals surface area contributed by atoms with Crippen LogP contribution in [0, 0.1) is 5.92 Å². The van der Waals surface area contributed by atoms with Crippen LogP contribution in [0.15, 0.2) is 42.5 Å². The lowest BCUT2D eigenvalue weighted by Gasteiger charge is -2.16. The molecule has 0 bridgehead atoms. The number of fused-ring (bicyclic) bond motifs is 1. The van der Waals surface area contributed by atoms with Crippen molar-refractivity contribution in [2.45, 2.75) is 37.5 Å². The van der Waals surface area contributed by atoms with E-state index in [1.807, 2.05) is 12.1 Å². The lowest BCUT2D eigenvalue weighted by Crippen LogP contribution is -2.09. The van der Waals surface area contributed by atoms with Crippen molar-refractivity contribution in [1.82, 2.24) is 0 Å². The molecule has 26 heavy (non-hydrogen) atoms. The number of carboxylic acids is 1. The molecule has 136 valence electrons. The molecule has 1 fully saturated rings. The highest BCUT2D eigenvalue weighted by atomic mass is 19.4. The van der Waals surface area contributed by atoms with Crippen LogP contribution in [0.4, 0.5) is 13.2 Å². The summed E-state index contributed by atoms with van der Waals surface area (Å²) in [4.78, 5) is 11.0. The van der Waals surface area contributed by atoms with E-state index in [0.29, 0.717) is 36.1 Å². The van der Waals surface area contributed by atoms with Gasteiger partial charge in [0.1, 0.15) is 11.9 Å². The highest BCUT2D eigenvalue weighted by molar-refractivity contribution is 5.75. The fourth-order valence-corrected chi connectivity index (χ4v) is 3.80. The molecule has 0 aliphatic heterocycles. The zero-order valence-electron chi connectivity index (χ0n) is 13.8. The Morgan fingerprint density at radius 1 is 1.12 bits per heavy atom. The first-order valence-electron chi connectivity index (χ1n) is 8.53. The van der Waals surface area contributed by atoms with Gasteiger partial charge in [0, 0.05) is 0 Å². The van der Waals surface area contributed by atoms with E-state index >= 15 is 0 Å². The molecule has 2 aromatic rings. The van der Waals surface area contributed by atoms with Crippen molar-refractivity contribution in [3.05, 3.63) is 64.7 Å². The zero-order valence-corrected chi connectivity index (χ0v) is 13.8. The number of alkyl halides is 3. The third kappa shape index (κ3) is 3.04. The van der Waals surface area contributed by atoms with Crippen molar-refractivity contribution in [2.24, 2.45) is 5.92 Å². The fourth-order valence-electron chi connectivity index (χ4n) is 3.80. The maximum atomic E-state index is 13.1. The molecular formula is C20H17F3O3. The minimum Gasteiger partial charge on any atom is -0.486 e. The van der Waals surface area contributed by atoms with E-state index in [9.17, 15) is 18.0 Å². The molecule has 1 N–H and O–H groups in total. The van der Waals surface area contributed by atoms with Gasteiger partial charge in [-0.1, -0.05) is 24.3 Å². The monoisotopic (exact) mass is 362 g/mol. The first-order valence-corrected chi connectivity index (χ1v) is 8.53. The van der Waals surface area contributed by atoms with Crippen molar-refractivity contribution >= 4 is 5.97 Å². The Hall–Kier alpha value is -2.50. The molecule has 4 rings (SSSR count). The first-order chi connectivity index (χ1) is 12.3. The van der Waals surface area contributed by atoms with Gasteiger partial charge >= 0.3 is 12.1 Å². The third-order valence-electron chi connectivity index (χ3n) is 5.22. The van der Waals surface area contributed by atoms with Gasteiger partial charge in [-0.2, -0.15) is 13.2 Å². The molecule has 0 spiro atoms. The number of benzene rings is 2. The summed E-state index contributed by atoms with van der Waals surface area (Å²) in [7, 11) is 0. The Kier molecular flexibility index (Phi) is 3.93. The summed E-state index contributed by atoms with van der Waals surface area (Å²) in [5, 5.41) is 9.00. The number of halogens is 3. The average Bonchev–Trinajstić information content (AvgIpc) is 3.30. The van der Waals surface area contributed by atoms with Crippen LogP contribution in [0.1, 0.15) is 47.1 Å². The summed E-state index contributed by atoms with van der Waals surface area (Å²) in [6, 6.07) is 11.4. The van der Waals surface area contributed by atoms with Crippen LogP contribution < -0.4 is 4.74 Å². The molecule has 2 aliphatic carbocycles. The molecule has 0 aromatic heterocycles. The van der Waals surface area contributed by atoms with Gasteiger partial charge < -0.3 is 9.84 Å². The van der Waals surface area contributed by atoms with E-state index in [0.717, 1.165) is 11.6 Å². The molecule has 2 unspecified atom stereocenters. The fraction of sp³-hybridized carbons (Fsp3) is 0.350. The van der Waals surface area contributed by atoms with E-state index < -0.39 is 23.8 Å². The summed E-state index contributed by atoms with van der Waals surface area (Å²) >= 11 is 0. The van der Waals surface area contributed by atoms with Crippen LogP contribution in [-0.2, 0) is 17.4 Å². The second kappa shape index (κ2) is 6.04. The summed E-state index contributed by atoms with van der Waals surface area (Å²) in [5.41, 5.74) is 1.29. The average molecular weight is 362 g/mol. The predicted molar refractivity (Wildman–Crippen MR) is 88.1 cm³/mol.